The van der Waals surface area contributed by atoms with E-state index in [-0.39, 0.29) is 6.03 Å². The van der Waals surface area contributed by atoms with E-state index in [4.69, 9.17) is 0 Å². The predicted octanol–water partition coefficient (Wildman–Crippen LogP) is 3.03. The number of likely N-dealkylation sites (tertiary alicyclic amines) is 1. The first-order valence-corrected chi connectivity index (χ1v) is 9.49. The Morgan fingerprint density at radius 1 is 1.38 bits per heavy atom. The minimum atomic E-state index is 0.0894. The number of thioether (sulfide) groups is 1. The summed E-state index contributed by atoms with van der Waals surface area (Å²) in [4.78, 5) is 18.2. The molecule has 0 atom stereocenters. The van der Waals surface area contributed by atoms with Crippen molar-refractivity contribution < 1.29 is 4.79 Å². The summed E-state index contributed by atoms with van der Waals surface area (Å²) >= 11 is 3.72. The molecule has 2 aliphatic heterocycles. The molecule has 0 radical (unpaired) electrons. The molecule has 0 aromatic carbocycles. The van der Waals surface area contributed by atoms with Gasteiger partial charge in [-0.3, -0.25) is 4.90 Å². The summed E-state index contributed by atoms with van der Waals surface area (Å²) in [6.07, 6.45) is 3.16. The van der Waals surface area contributed by atoms with Crippen molar-refractivity contribution in [3.8, 4) is 0 Å². The third-order valence-electron chi connectivity index (χ3n) is 4.21. The Labute approximate surface area is 134 Å². The molecule has 2 amide bonds. The topological polar surface area (TPSA) is 35.6 Å². The Hall–Kier alpha value is -0.720. The van der Waals surface area contributed by atoms with Crippen LogP contribution >= 0.6 is 23.1 Å². The van der Waals surface area contributed by atoms with Crippen molar-refractivity contribution in [3.05, 3.63) is 10.9 Å². The Balaban J connectivity index is 1.67. The maximum absolute atomic E-state index is 12.6. The molecule has 21 heavy (non-hydrogen) atoms. The number of carbonyl (C=O) groups is 1. The van der Waals surface area contributed by atoms with Crippen LogP contribution in [0.2, 0.25) is 0 Å². The van der Waals surface area contributed by atoms with Crippen LogP contribution in [0, 0.1) is 0 Å². The van der Waals surface area contributed by atoms with E-state index < -0.39 is 0 Å². The van der Waals surface area contributed by atoms with Gasteiger partial charge in [-0.15, -0.1) is 23.1 Å². The number of hydrogen-bond acceptors (Lipinski definition) is 4. The Bertz CT molecular complexity index is 509. The lowest BCUT2D eigenvalue weighted by Crippen LogP contribution is -2.49. The molecule has 0 bridgehead atoms. The number of amides is 2. The highest BCUT2D eigenvalue weighted by Gasteiger charge is 2.27. The third kappa shape index (κ3) is 3.38. The first-order chi connectivity index (χ1) is 10.2. The summed E-state index contributed by atoms with van der Waals surface area (Å²) in [6.45, 7) is 5.13. The van der Waals surface area contributed by atoms with Crippen LogP contribution in [-0.2, 0) is 6.42 Å². The minimum Gasteiger partial charge on any atom is -0.335 e. The van der Waals surface area contributed by atoms with E-state index in [1.165, 1.54) is 9.09 Å². The fourth-order valence-corrected chi connectivity index (χ4v) is 5.25. The van der Waals surface area contributed by atoms with Gasteiger partial charge in [0.25, 0.3) is 0 Å². The number of nitrogens with zero attached hydrogens (tertiary/aromatic N) is 2. The zero-order valence-electron chi connectivity index (χ0n) is 12.7. The largest absolute Gasteiger partial charge is 0.335 e. The van der Waals surface area contributed by atoms with E-state index in [0.717, 1.165) is 50.3 Å². The van der Waals surface area contributed by atoms with Gasteiger partial charge in [0.2, 0.25) is 0 Å². The summed E-state index contributed by atoms with van der Waals surface area (Å²) < 4.78 is 1.30. The molecule has 116 valence electrons. The lowest BCUT2D eigenvalue weighted by atomic mass is 10.1. The highest BCUT2D eigenvalue weighted by Crippen LogP contribution is 2.41. The molecule has 1 fully saturated rings. The number of anilines is 1. The molecular formula is C15H23N3OS2. The van der Waals surface area contributed by atoms with Gasteiger partial charge in [-0.25, -0.2) is 4.79 Å². The fourth-order valence-electron chi connectivity index (χ4n) is 2.84. The van der Waals surface area contributed by atoms with Gasteiger partial charge in [-0.05, 0) is 45.5 Å². The standard InChI is InChI=1S/C15H23N3OS2/c1-3-12-10-13-14(21-12)20-9-8-18(13)15(19)16-11-4-6-17(2)7-5-11/h10-11H,3-9H2,1-2H3,(H,16,19). The molecule has 1 aromatic heterocycles. The van der Waals surface area contributed by atoms with Gasteiger partial charge >= 0.3 is 6.03 Å². The normalized spacial score (nSPS) is 20.4. The Morgan fingerprint density at radius 2 is 2.14 bits per heavy atom. The van der Waals surface area contributed by atoms with Crippen LogP contribution < -0.4 is 10.2 Å². The van der Waals surface area contributed by atoms with Crippen molar-refractivity contribution >= 4 is 34.8 Å². The van der Waals surface area contributed by atoms with Crippen LogP contribution in [0.3, 0.4) is 0 Å². The second kappa shape index (κ2) is 6.58. The summed E-state index contributed by atoms with van der Waals surface area (Å²) in [5, 5.41) is 3.23. The van der Waals surface area contributed by atoms with Crippen LogP contribution in [-0.4, -0.2) is 49.4 Å². The first kappa shape index (κ1) is 15.2. The molecule has 1 saturated heterocycles. The molecule has 1 N–H and O–H groups in total. The molecule has 6 heteroatoms. The van der Waals surface area contributed by atoms with Crippen LogP contribution in [0.1, 0.15) is 24.6 Å². The molecule has 0 spiro atoms. The lowest BCUT2D eigenvalue weighted by molar-refractivity contribution is 0.218. The zero-order valence-corrected chi connectivity index (χ0v) is 14.4. The van der Waals surface area contributed by atoms with Gasteiger partial charge in [0, 0.05) is 23.2 Å². The number of rotatable bonds is 2. The summed E-state index contributed by atoms with van der Waals surface area (Å²) in [6, 6.07) is 2.61. The van der Waals surface area contributed by atoms with Crippen molar-refractivity contribution in [2.75, 3.05) is 37.3 Å². The van der Waals surface area contributed by atoms with E-state index in [1.54, 1.807) is 0 Å². The maximum Gasteiger partial charge on any atom is 0.322 e. The van der Waals surface area contributed by atoms with E-state index in [9.17, 15) is 4.79 Å². The smallest absolute Gasteiger partial charge is 0.322 e. The molecule has 3 heterocycles. The van der Waals surface area contributed by atoms with Gasteiger partial charge < -0.3 is 10.2 Å². The van der Waals surface area contributed by atoms with Gasteiger partial charge in [0.15, 0.2) is 0 Å². The Morgan fingerprint density at radius 3 is 2.86 bits per heavy atom. The number of nitrogens with one attached hydrogen (secondary N) is 1. The molecular weight excluding hydrogens is 302 g/mol. The molecule has 0 unspecified atom stereocenters. The second-order valence-corrected chi connectivity index (χ2v) is 8.27. The third-order valence-corrected chi connectivity index (χ3v) is 6.73. The second-order valence-electron chi connectivity index (χ2n) is 5.77. The van der Waals surface area contributed by atoms with Gasteiger partial charge in [0.05, 0.1) is 9.90 Å². The minimum absolute atomic E-state index is 0.0894. The van der Waals surface area contributed by atoms with Crippen molar-refractivity contribution in [1.29, 1.82) is 0 Å². The summed E-state index contributed by atoms with van der Waals surface area (Å²) in [7, 11) is 2.14. The number of carbonyl (C=O) groups excluding carboxylic acids is 1. The lowest BCUT2D eigenvalue weighted by Gasteiger charge is -2.32. The first-order valence-electron chi connectivity index (χ1n) is 7.69. The van der Waals surface area contributed by atoms with E-state index in [1.807, 2.05) is 28.0 Å². The molecule has 2 aliphatic rings. The van der Waals surface area contributed by atoms with Crippen molar-refractivity contribution in [2.24, 2.45) is 0 Å². The van der Waals surface area contributed by atoms with E-state index in [0.29, 0.717) is 6.04 Å². The number of urea groups is 1. The van der Waals surface area contributed by atoms with Gasteiger partial charge in [0.1, 0.15) is 0 Å². The number of thiophene rings is 1. The van der Waals surface area contributed by atoms with Gasteiger partial charge in [-0.1, -0.05) is 6.92 Å². The van der Waals surface area contributed by atoms with Crippen molar-refractivity contribution in [2.45, 2.75) is 36.4 Å². The number of aryl methyl sites for hydroxylation is 1. The molecule has 4 nitrogen and oxygen atoms in total. The van der Waals surface area contributed by atoms with E-state index >= 15 is 0 Å². The molecule has 1 aromatic rings. The molecule has 0 saturated carbocycles. The van der Waals surface area contributed by atoms with Crippen LogP contribution in [0.4, 0.5) is 10.5 Å². The van der Waals surface area contributed by atoms with Gasteiger partial charge in [-0.2, -0.15) is 0 Å². The van der Waals surface area contributed by atoms with Crippen molar-refractivity contribution in [3.63, 3.8) is 0 Å². The van der Waals surface area contributed by atoms with Crippen molar-refractivity contribution in [1.82, 2.24) is 10.2 Å². The number of piperidine rings is 1. The summed E-state index contributed by atoms with van der Waals surface area (Å²) in [5.74, 6) is 0.998. The number of fused-ring (bicyclic) bond motifs is 1. The van der Waals surface area contributed by atoms with Crippen LogP contribution in [0.25, 0.3) is 0 Å². The SMILES string of the molecule is CCc1cc2c(s1)SCCN2C(=O)NC1CCN(C)CC1. The Kier molecular flexibility index (Phi) is 4.76. The van der Waals surface area contributed by atoms with E-state index in [2.05, 4.69) is 30.3 Å². The van der Waals surface area contributed by atoms with Crippen LogP contribution in [0.15, 0.2) is 10.3 Å². The average Bonchev–Trinajstić information content (AvgIpc) is 2.92. The highest BCUT2D eigenvalue weighted by molar-refractivity contribution is 8.01. The fraction of sp³-hybridized carbons (Fsp3) is 0.667. The highest BCUT2D eigenvalue weighted by atomic mass is 32.2. The molecule has 0 aliphatic carbocycles. The maximum atomic E-state index is 12.6. The quantitative estimate of drug-likeness (QED) is 0.908. The monoisotopic (exact) mass is 325 g/mol. The summed E-state index contributed by atoms with van der Waals surface area (Å²) in [5.41, 5.74) is 1.12. The average molecular weight is 326 g/mol. The predicted molar refractivity (Wildman–Crippen MR) is 90.8 cm³/mol. The number of hydrogen-bond donors (Lipinski definition) is 1. The molecule has 3 rings (SSSR count). The van der Waals surface area contributed by atoms with Crippen LogP contribution in [0.5, 0.6) is 0 Å². The zero-order chi connectivity index (χ0) is 14.8.